The first-order valence-corrected chi connectivity index (χ1v) is 5.15. The van der Waals surface area contributed by atoms with E-state index in [1.54, 1.807) is 0 Å². The number of nitrogens with two attached hydrogens (primary N) is 1. The van der Waals surface area contributed by atoms with Crippen LogP contribution in [0.5, 0.6) is 11.8 Å². The number of nitrogens with zero attached hydrogens (tertiary/aromatic N) is 2. The average molecular weight is 240 g/mol. The lowest BCUT2D eigenvalue weighted by Gasteiger charge is -2.10. The second-order valence-electron chi connectivity index (χ2n) is 3.17. The first-order valence-electron chi connectivity index (χ1n) is 5.15. The Morgan fingerprint density at radius 3 is 2.41 bits per heavy atom. The van der Waals surface area contributed by atoms with E-state index in [1.807, 2.05) is 0 Å². The zero-order chi connectivity index (χ0) is 12.7. The highest BCUT2D eigenvalue weighted by Gasteiger charge is 2.20. The van der Waals surface area contributed by atoms with Crippen LogP contribution in [-0.4, -0.2) is 43.2 Å². The molecule has 0 saturated heterocycles. The fourth-order valence-corrected chi connectivity index (χ4v) is 1.25. The minimum absolute atomic E-state index is 0.182. The highest BCUT2D eigenvalue weighted by Crippen LogP contribution is 2.22. The molecule has 1 aromatic heterocycles. The van der Waals surface area contributed by atoms with Gasteiger partial charge in [0.25, 0.3) is 5.91 Å². The van der Waals surface area contributed by atoms with E-state index in [0.29, 0.717) is 19.5 Å². The molecular weight excluding hydrogens is 224 g/mol. The van der Waals surface area contributed by atoms with Crippen LogP contribution in [-0.2, 0) is 0 Å². The van der Waals surface area contributed by atoms with Gasteiger partial charge >= 0.3 is 0 Å². The van der Waals surface area contributed by atoms with Gasteiger partial charge in [0.05, 0.1) is 14.2 Å². The average Bonchev–Trinajstić information content (AvgIpc) is 2.37. The third-order valence-corrected chi connectivity index (χ3v) is 2.06. The highest BCUT2D eigenvalue weighted by atomic mass is 16.5. The normalized spacial score (nSPS) is 9.82. The van der Waals surface area contributed by atoms with E-state index < -0.39 is 0 Å². The van der Waals surface area contributed by atoms with E-state index in [9.17, 15) is 4.79 Å². The van der Waals surface area contributed by atoms with Gasteiger partial charge in [0.1, 0.15) is 6.33 Å². The molecule has 94 valence electrons. The third kappa shape index (κ3) is 3.28. The molecule has 7 heteroatoms. The van der Waals surface area contributed by atoms with Crippen molar-refractivity contribution in [2.24, 2.45) is 5.73 Å². The number of hydrogen-bond donors (Lipinski definition) is 2. The second kappa shape index (κ2) is 6.64. The minimum Gasteiger partial charge on any atom is -0.480 e. The molecule has 1 aromatic rings. The summed E-state index contributed by atoms with van der Waals surface area (Å²) in [5.74, 6) is 0.0250. The molecule has 0 fully saturated rings. The van der Waals surface area contributed by atoms with Crippen molar-refractivity contribution in [3.63, 3.8) is 0 Å². The van der Waals surface area contributed by atoms with Crippen LogP contribution in [0.25, 0.3) is 0 Å². The van der Waals surface area contributed by atoms with Crippen LogP contribution in [0.1, 0.15) is 16.8 Å². The molecule has 0 aliphatic carbocycles. The van der Waals surface area contributed by atoms with Crippen molar-refractivity contribution in [2.45, 2.75) is 6.42 Å². The van der Waals surface area contributed by atoms with E-state index in [1.165, 1.54) is 20.5 Å². The number of rotatable bonds is 6. The molecule has 1 amide bonds. The Balaban J connectivity index is 2.89. The maximum absolute atomic E-state index is 11.9. The van der Waals surface area contributed by atoms with E-state index in [2.05, 4.69) is 15.3 Å². The van der Waals surface area contributed by atoms with E-state index in [0.717, 1.165) is 0 Å². The molecule has 0 aliphatic rings. The van der Waals surface area contributed by atoms with E-state index in [-0.39, 0.29) is 23.2 Å². The van der Waals surface area contributed by atoms with E-state index >= 15 is 0 Å². The maximum atomic E-state index is 11.9. The number of methoxy groups -OCH3 is 2. The summed E-state index contributed by atoms with van der Waals surface area (Å²) in [6, 6.07) is 0. The number of carbonyl (C=O) groups is 1. The Hall–Kier alpha value is -1.89. The van der Waals surface area contributed by atoms with Gasteiger partial charge in [-0.3, -0.25) is 4.79 Å². The van der Waals surface area contributed by atoms with Crippen LogP contribution in [0.15, 0.2) is 6.33 Å². The molecule has 17 heavy (non-hydrogen) atoms. The lowest BCUT2D eigenvalue weighted by Crippen LogP contribution is -2.27. The van der Waals surface area contributed by atoms with Crippen LogP contribution in [0.3, 0.4) is 0 Å². The number of carbonyl (C=O) groups excluding carboxylic acids is 1. The van der Waals surface area contributed by atoms with Gasteiger partial charge in [-0.1, -0.05) is 0 Å². The third-order valence-electron chi connectivity index (χ3n) is 2.06. The smallest absolute Gasteiger partial charge is 0.262 e. The zero-order valence-corrected chi connectivity index (χ0v) is 9.90. The molecule has 1 rings (SSSR count). The fraction of sp³-hybridized carbons (Fsp3) is 0.500. The molecule has 0 aromatic carbocycles. The molecule has 0 bridgehead atoms. The van der Waals surface area contributed by atoms with Gasteiger partial charge in [0.2, 0.25) is 11.8 Å². The van der Waals surface area contributed by atoms with Crippen LogP contribution in [0, 0.1) is 0 Å². The largest absolute Gasteiger partial charge is 0.480 e. The molecule has 0 atom stereocenters. The summed E-state index contributed by atoms with van der Waals surface area (Å²) < 4.78 is 10.00. The van der Waals surface area contributed by atoms with Gasteiger partial charge in [-0.15, -0.1) is 0 Å². The number of ether oxygens (including phenoxy) is 2. The van der Waals surface area contributed by atoms with Gasteiger partial charge in [-0.2, -0.15) is 0 Å². The summed E-state index contributed by atoms with van der Waals surface area (Å²) in [6.45, 7) is 0.996. The standard InChI is InChI=1S/C10H16N4O3/c1-16-9-7(8(15)12-5-3-4-11)10(17-2)14-6-13-9/h6H,3-5,11H2,1-2H3,(H,12,15). The number of aromatic nitrogens is 2. The Bertz CT molecular complexity index is 362. The predicted molar refractivity (Wildman–Crippen MR) is 61.1 cm³/mol. The van der Waals surface area contributed by atoms with Gasteiger partial charge < -0.3 is 20.5 Å². The number of nitrogens with one attached hydrogen (secondary N) is 1. The van der Waals surface area contributed by atoms with Crippen LogP contribution in [0.2, 0.25) is 0 Å². The minimum atomic E-state index is -0.340. The molecule has 0 unspecified atom stereocenters. The summed E-state index contributed by atoms with van der Waals surface area (Å²) in [5.41, 5.74) is 5.53. The number of hydrogen-bond acceptors (Lipinski definition) is 6. The summed E-state index contributed by atoms with van der Waals surface area (Å²) in [7, 11) is 2.86. The van der Waals surface area contributed by atoms with Gasteiger partial charge in [-0.05, 0) is 13.0 Å². The van der Waals surface area contributed by atoms with Gasteiger partial charge in [-0.25, -0.2) is 9.97 Å². The molecule has 1 heterocycles. The van der Waals surface area contributed by atoms with Crippen molar-refractivity contribution in [3.8, 4) is 11.8 Å². The molecule has 7 nitrogen and oxygen atoms in total. The SMILES string of the molecule is COc1ncnc(OC)c1C(=O)NCCCN. The summed E-state index contributed by atoms with van der Waals surface area (Å²) in [6.07, 6.45) is 1.97. The Kier molecular flexibility index (Phi) is 5.15. The van der Waals surface area contributed by atoms with Crippen molar-refractivity contribution in [2.75, 3.05) is 27.3 Å². The quantitative estimate of drug-likeness (QED) is 0.655. The van der Waals surface area contributed by atoms with Crippen molar-refractivity contribution < 1.29 is 14.3 Å². The molecule has 0 spiro atoms. The van der Waals surface area contributed by atoms with Gasteiger partial charge in [0.15, 0.2) is 5.56 Å². The predicted octanol–water partition coefficient (Wildman–Crippen LogP) is -0.428. The van der Waals surface area contributed by atoms with Crippen molar-refractivity contribution in [3.05, 3.63) is 11.9 Å². The van der Waals surface area contributed by atoms with E-state index in [4.69, 9.17) is 15.2 Å². The molecular formula is C10H16N4O3. The zero-order valence-electron chi connectivity index (χ0n) is 9.90. The maximum Gasteiger partial charge on any atom is 0.262 e. The van der Waals surface area contributed by atoms with Gasteiger partial charge in [0, 0.05) is 6.54 Å². The molecule has 0 radical (unpaired) electrons. The van der Waals surface area contributed by atoms with Crippen molar-refractivity contribution in [1.82, 2.24) is 15.3 Å². The number of amides is 1. The highest BCUT2D eigenvalue weighted by molar-refractivity contribution is 5.98. The molecule has 0 saturated carbocycles. The summed E-state index contributed by atoms with van der Waals surface area (Å²) >= 11 is 0. The van der Waals surface area contributed by atoms with Crippen molar-refractivity contribution in [1.29, 1.82) is 0 Å². The topological polar surface area (TPSA) is 99.4 Å². The first-order chi connectivity index (χ1) is 8.24. The lowest BCUT2D eigenvalue weighted by atomic mass is 10.2. The molecule has 3 N–H and O–H groups in total. The summed E-state index contributed by atoms with van der Waals surface area (Å²) in [5, 5.41) is 2.69. The van der Waals surface area contributed by atoms with Crippen LogP contribution < -0.4 is 20.5 Å². The van der Waals surface area contributed by atoms with Crippen LogP contribution >= 0.6 is 0 Å². The van der Waals surface area contributed by atoms with Crippen molar-refractivity contribution >= 4 is 5.91 Å². The fourth-order valence-electron chi connectivity index (χ4n) is 1.25. The monoisotopic (exact) mass is 240 g/mol. The lowest BCUT2D eigenvalue weighted by molar-refractivity contribution is 0.0945. The molecule has 0 aliphatic heterocycles. The Morgan fingerprint density at radius 2 is 1.94 bits per heavy atom. The Labute approximate surface area is 99.3 Å². The Morgan fingerprint density at radius 1 is 1.35 bits per heavy atom. The van der Waals surface area contributed by atoms with Crippen LogP contribution in [0.4, 0.5) is 0 Å². The summed E-state index contributed by atoms with van der Waals surface area (Å²) in [4.78, 5) is 19.6. The second-order valence-corrected chi connectivity index (χ2v) is 3.17. The first kappa shape index (κ1) is 13.2.